The second-order valence-corrected chi connectivity index (χ2v) is 5.55. The summed E-state index contributed by atoms with van der Waals surface area (Å²) in [6.07, 6.45) is -0.230. The summed E-state index contributed by atoms with van der Waals surface area (Å²) in [5, 5.41) is 2.92. The van der Waals surface area contributed by atoms with E-state index in [9.17, 15) is 4.79 Å². The standard InChI is InChI=1S/C16H21NO6/c1-19-14-8-21-7-11(15(14)20-2)6-17-16(18)10-3-4-12-13(5-10)23-9-22-12/h3-5,11,14-15H,6-9H2,1-2H3,(H,17,18)/t11-,14-,15+/m1/s1. The molecule has 7 heteroatoms. The molecule has 7 nitrogen and oxygen atoms in total. The number of hydrogen-bond donors (Lipinski definition) is 1. The van der Waals surface area contributed by atoms with Crippen LogP contribution in [-0.2, 0) is 14.2 Å². The zero-order valence-corrected chi connectivity index (χ0v) is 13.2. The van der Waals surface area contributed by atoms with E-state index >= 15 is 0 Å². The Hall–Kier alpha value is -1.83. The fraction of sp³-hybridized carbons (Fsp3) is 0.562. The van der Waals surface area contributed by atoms with E-state index < -0.39 is 0 Å². The highest BCUT2D eigenvalue weighted by Crippen LogP contribution is 2.32. The molecule has 0 bridgehead atoms. The van der Waals surface area contributed by atoms with Crippen LogP contribution in [0.2, 0.25) is 0 Å². The lowest BCUT2D eigenvalue weighted by atomic mass is 9.96. The van der Waals surface area contributed by atoms with Gasteiger partial charge >= 0.3 is 0 Å². The van der Waals surface area contributed by atoms with Crippen LogP contribution in [0, 0.1) is 5.92 Å². The van der Waals surface area contributed by atoms with Gasteiger partial charge in [0.2, 0.25) is 6.79 Å². The summed E-state index contributed by atoms with van der Waals surface area (Å²) in [5.74, 6) is 1.12. The number of ether oxygens (including phenoxy) is 5. The predicted octanol–water partition coefficient (Wildman–Crippen LogP) is 0.821. The minimum Gasteiger partial charge on any atom is -0.454 e. The molecule has 0 radical (unpaired) electrons. The first-order valence-electron chi connectivity index (χ1n) is 7.54. The number of fused-ring (bicyclic) bond motifs is 1. The molecular formula is C16H21NO6. The Balaban J connectivity index is 1.60. The number of benzene rings is 1. The van der Waals surface area contributed by atoms with E-state index in [1.54, 1.807) is 32.4 Å². The van der Waals surface area contributed by atoms with Gasteiger partial charge in [0, 0.05) is 32.2 Å². The highest BCUT2D eigenvalue weighted by Gasteiger charge is 2.34. The van der Waals surface area contributed by atoms with Crippen molar-refractivity contribution in [1.29, 1.82) is 0 Å². The van der Waals surface area contributed by atoms with Crippen LogP contribution in [0.15, 0.2) is 18.2 Å². The van der Waals surface area contributed by atoms with Crippen molar-refractivity contribution >= 4 is 5.91 Å². The Morgan fingerprint density at radius 2 is 2.04 bits per heavy atom. The molecule has 3 rings (SSSR count). The van der Waals surface area contributed by atoms with E-state index in [0.29, 0.717) is 36.8 Å². The Kier molecular flexibility index (Phi) is 5.00. The first kappa shape index (κ1) is 16.0. The quantitative estimate of drug-likeness (QED) is 0.865. The summed E-state index contributed by atoms with van der Waals surface area (Å²) in [6, 6.07) is 5.13. The summed E-state index contributed by atoms with van der Waals surface area (Å²) in [5.41, 5.74) is 0.531. The second-order valence-electron chi connectivity index (χ2n) is 5.55. The number of methoxy groups -OCH3 is 2. The molecule has 0 aliphatic carbocycles. The minimum atomic E-state index is -0.169. The van der Waals surface area contributed by atoms with E-state index in [0.717, 1.165) is 0 Å². The van der Waals surface area contributed by atoms with Gasteiger partial charge in [0.15, 0.2) is 11.5 Å². The van der Waals surface area contributed by atoms with Gasteiger partial charge in [-0.05, 0) is 18.2 Å². The molecule has 0 aromatic heterocycles. The highest BCUT2D eigenvalue weighted by atomic mass is 16.7. The topological polar surface area (TPSA) is 75.3 Å². The second kappa shape index (κ2) is 7.16. The van der Waals surface area contributed by atoms with Gasteiger partial charge in [-0.3, -0.25) is 4.79 Å². The molecule has 1 amide bonds. The third-order valence-electron chi connectivity index (χ3n) is 4.18. The predicted molar refractivity (Wildman–Crippen MR) is 80.8 cm³/mol. The van der Waals surface area contributed by atoms with Gasteiger partial charge in [0.25, 0.3) is 5.91 Å². The zero-order chi connectivity index (χ0) is 16.2. The van der Waals surface area contributed by atoms with Gasteiger partial charge in [0.1, 0.15) is 6.10 Å². The first-order valence-corrected chi connectivity index (χ1v) is 7.54. The van der Waals surface area contributed by atoms with Crippen LogP contribution in [0.25, 0.3) is 0 Å². The van der Waals surface area contributed by atoms with Crippen LogP contribution in [0.3, 0.4) is 0 Å². The van der Waals surface area contributed by atoms with E-state index in [-0.39, 0.29) is 30.8 Å². The maximum absolute atomic E-state index is 12.3. The van der Waals surface area contributed by atoms with Crippen molar-refractivity contribution in [2.45, 2.75) is 12.2 Å². The summed E-state index contributed by atoms with van der Waals surface area (Å²) in [4.78, 5) is 12.3. The molecule has 1 aromatic rings. The SMILES string of the molecule is CO[C@H]1[C@H](CNC(=O)c2ccc3c(c2)OCO3)COC[C@H]1OC. The molecule has 0 unspecified atom stereocenters. The van der Waals surface area contributed by atoms with E-state index in [1.807, 2.05) is 0 Å². The van der Waals surface area contributed by atoms with Crippen molar-refractivity contribution in [2.75, 3.05) is 40.8 Å². The van der Waals surface area contributed by atoms with Crippen molar-refractivity contribution < 1.29 is 28.5 Å². The summed E-state index contributed by atoms with van der Waals surface area (Å²) in [7, 11) is 3.28. The van der Waals surface area contributed by atoms with Crippen LogP contribution in [-0.4, -0.2) is 58.9 Å². The lowest BCUT2D eigenvalue weighted by molar-refractivity contribution is -0.145. The maximum atomic E-state index is 12.3. The lowest BCUT2D eigenvalue weighted by Crippen LogP contribution is -2.50. The van der Waals surface area contributed by atoms with Crippen molar-refractivity contribution in [3.05, 3.63) is 23.8 Å². The van der Waals surface area contributed by atoms with E-state index in [2.05, 4.69) is 5.32 Å². The monoisotopic (exact) mass is 323 g/mol. The molecule has 2 aliphatic heterocycles. The third kappa shape index (κ3) is 3.41. The first-order chi connectivity index (χ1) is 11.2. The van der Waals surface area contributed by atoms with E-state index in [1.165, 1.54) is 0 Å². The van der Waals surface area contributed by atoms with Gasteiger partial charge in [-0.25, -0.2) is 0 Å². The van der Waals surface area contributed by atoms with Gasteiger partial charge in [-0.15, -0.1) is 0 Å². The summed E-state index contributed by atoms with van der Waals surface area (Å²) in [6.45, 7) is 1.67. The molecule has 0 spiro atoms. The minimum absolute atomic E-state index is 0.0386. The molecule has 3 atom stereocenters. The average molecular weight is 323 g/mol. The average Bonchev–Trinajstić information content (AvgIpc) is 3.06. The zero-order valence-electron chi connectivity index (χ0n) is 13.2. The molecule has 0 saturated carbocycles. The Morgan fingerprint density at radius 3 is 2.83 bits per heavy atom. The van der Waals surface area contributed by atoms with E-state index in [4.69, 9.17) is 23.7 Å². The number of carbonyl (C=O) groups is 1. The third-order valence-corrected chi connectivity index (χ3v) is 4.18. The van der Waals surface area contributed by atoms with Gasteiger partial charge in [0.05, 0.1) is 19.3 Å². The molecule has 23 heavy (non-hydrogen) atoms. The number of carbonyl (C=O) groups excluding carboxylic acids is 1. The van der Waals surface area contributed by atoms with Crippen LogP contribution in [0.1, 0.15) is 10.4 Å². The van der Waals surface area contributed by atoms with Crippen molar-refractivity contribution in [2.24, 2.45) is 5.92 Å². The normalized spacial score (nSPS) is 26.1. The number of amides is 1. The molecule has 2 aliphatic rings. The summed E-state index contributed by atoms with van der Waals surface area (Å²) < 4.78 is 26.9. The molecule has 1 saturated heterocycles. The molecule has 2 heterocycles. The Bertz CT molecular complexity index is 564. The van der Waals surface area contributed by atoms with Gasteiger partial charge in [-0.1, -0.05) is 0 Å². The van der Waals surface area contributed by atoms with Crippen molar-refractivity contribution in [1.82, 2.24) is 5.32 Å². The fourth-order valence-corrected chi connectivity index (χ4v) is 2.91. The Labute approximate surface area is 134 Å². The Morgan fingerprint density at radius 1 is 1.22 bits per heavy atom. The molecule has 1 N–H and O–H groups in total. The molecular weight excluding hydrogens is 302 g/mol. The number of hydrogen-bond acceptors (Lipinski definition) is 6. The van der Waals surface area contributed by atoms with Crippen LogP contribution in [0.5, 0.6) is 11.5 Å². The smallest absolute Gasteiger partial charge is 0.251 e. The highest BCUT2D eigenvalue weighted by molar-refractivity contribution is 5.94. The largest absolute Gasteiger partial charge is 0.454 e. The lowest BCUT2D eigenvalue weighted by Gasteiger charge is -2.36. The summed E-state index contributed by atoms with van der Waals surface area (Å²) >= 11 is 0. The van der Waals surface area contributed by atoms with Crippen molar-refractivity contribution in [3.8, 4) is 11.5 Å². The van der Waals surface area contributed by atoms with Crippen LogP contribution >= 0.6 is 0 Å². The molecule has 126 valence electrons. The molecule has 1 aromatic carbocycles. The molecule has 1 fully saturated rings. The van der Waals surface area contributed by atoms with Crippen LogP contribution < -0.4 is 14.8 Å². The van der Waals surface area contributed by atoms with Crippen molar-refractivity contribution in [3.63, 3.8) is 0 Å². The fourth-order valence-electron chi connectivity index (χ4n) is 2.91. The maximum Gasteiger partial charge on any atom is 0.251 e. The number of nitrogens with one attached hydrogen (secondary N) is 1. The number of rotatable bonds is 5. The van der Waals surface area contributed by atoms with Crippen LogP contribution in [0.4, 0.5) is 0 Å². The van der Waals surface area contributed by atoms with Gasteiger partial charge in [-0.2, -0.15) is 0 Å². The van der Waals surface area contributed by atoms with Gasteiger partial charge < -0.3 is 29.0 Å².